The molecule has 11 heteroatoms. The molecule has 1 rings (SSSR count). The average molecular weight is 770 g/mol. The lowest BCUT2D eigenvalue weighted by atomic mass is 9.98. The van der Waals surface area contributed by atoms with Crippen molar-refractivity contribution in [2.24, 2.45) is 0 Å². The van der Waals surface area contributed by atoms with Gasteiger partial charge in [0.2, 0.25) is 5.91 Å². The highest BCUT2D eigenvalue weighted by atomic mass is 16.7. The number of nitrogens with one attached hydrogen (secondary N) is 1. The van der Waals surface area contributed by atoms with Crippen LogP contribution >= 0.6 is 0 Å². The van der Waals surface area contributed by atoms with Crippen LogP contribution in [0.5, 0.6) is 0 Å². The van der Waals surface area contributed by atoms with Crippen molar-refractivity contribution in [3.63, 3.8) is 0 Å². The summed E-state index contributed by atoms with van der Waals surface area (Å²) < 4.78 is 11.0. The molecule has 54 heavy (non-hydrogen) atoms. The topological polar surface area (TPSA) is 189 Å². The Bertz CT molecular complexity index is 976. The van der Waals surface area contributed by atoms with Gasteiger partial charge in [0.1, 0.15) is 36.6 Å². The Hall–Kier alpha value is -1.67. The largest absolute Gasteiger partial charge is 0.394 e. The normalized spacial score (nSPS) is 23.0. The Morgan fingerprint density at radius 2 is 1.11 bits per heavy atom. The fourth-order valence-corrected chi connectivity index (χ4v) is 6.53. The molecule has 11 nitrogen and oxygen atoms in total. The van der Waals surface area contributed by atoms with Crippen molar-refractivity contribution in [3.05, 3.63) is 36.5 Å². The predicted molar refractivity (Wildman–Crippen MR) is 215 cm³/mol. The first-order valence-corrected chi connectivity index (χ1v) is 21.4. The maximum absolute atomic E-state index is 13.0. The minimum atomic E-state index is -1.67. The van der Waals surface area contributed by atoms with Gasteiger partial charge < -0.3 is 50.5 Å². The van der Waals surface area contributed by atoms with Gasteiger partial charge in [0.25, 0.3) is 0 Å². The fourth-order valence-electron chi connectivity index (χ4n) is 6.53. The minimum absolute atomic E-state index is 0.241. The summed E-state index contributed by atoms with van der Waals surface area (Å²) in [5.41, 5.74) is 0. The molecule has 1 aliphatic heterocycles. The van der Waals surface area contributed by atoms with Gasteiger partial charge in [-0.2, -0.15) is 0 Å². The van der Waals surface area contributed by atoms with Crippen LogP contribution in [0.3, 0.4) is 0 Å². The van der Waals surface area contributed by atoms with Crippen molar-refractivity contribution < 1.29 is 50.0 Å². The van der Waals surface area contributed by atoms with Gasteiger partial charge in [0, 0.05) is 0 Å². The third kappa shape index (κ3) is 23.4. The van der Waals surface area contributed by atoms with Crippen LogP contribution in [0.4, 0.5) is 0 Å². The fraction of sp³-hybridized carbons (Fsp3) is 0.837. The highest BCUT2D eigenvalue weighted by molar-refractivity contribution is 5.80. The van der Waals surface area contributed by atoms with Crippen molar-refractivity contribution >= 4 is 5.91 Å². The van der Waals surface area contributed by atoms with E-state index in [1.165, 1.54) is 70.6 Å². The zero-order valence-corrected chi connectivity index (χ0v) is 33.7. The summed E-state index contributed by atoms with van der Waals surface area (Å²) in [4.78, 5) is 13.0. The summed E-state index contributed by atoms with van der Waals surface area (Å²) in [6.07, 6.45) is 25.1. The van der Waals surface area contributed by atoms with Crippen LogP contribution in [-0.2, 0) is 14.3 Å². The molecule has 8 N–H and O–H groups in total. The number of rotatable bonds is 34. The Balaban J connectivity index is 2.51. The summed E-state index contributed by atoms with van der Waals surface area (Å²) in [7, 11) is 0. The van der Waals surface area contributed by atoms with Gasteiger partial charge in [-0.15, -0.1) is 0 Å². The van der Waals surface area contributed by atoms with E-state index in [1.807, 2.05) is 0 Å². The van der Waals surface area contributed by atoms with E-state index in [4.69, 9.17) is 9.47 Å². The predicted octanol–water partition coefficient (Wildman–Crippen LogP) is 6.05. The lowest BCUT2D eigenvalue weighted by Gasteiger charge is -2.40. The van der Waals surface area contributed by atoms with Crippen LogP contribution in [0.25, 0.3) is 0 Å². The smallest absolute Gasteiger partial charge is 0.249 e. The van der Waals surface area contributed by atoms with E-state index in [1.54, 1.807) is 0 Å². The van der Waals surface area contributed by atoms with E-state index in [0.717, 1.165) is 44.9 Å². The number of aliphatic hydroxyl groups is 7. The van der Waals surface area contributed by atoms with Gasteiger partial charge >= 0.3 is 0 Å². The van der Waals surface area contributed by atoms with E-state index in [2.05, 4.69) is 55.6 Å². The Kier molecular flexibility index (Phi) is 31.2. The molecule has 1 fully saturated rings. The van der Waals surface area contributed by atoms with Gasteiger partial charge in [0.05, 0.1) is 25.4 Å². The van der Waals surface area contributed by atoms with E-state index in [9.17, 15) is 40.5 Å². The third-order valence-corrected chi connectivity index (χ3v) is 10.2. The zero-order valence-electron chi connectivity index (χ0n) is 33.7. The first kappa shape index (κ1) is 50.3. The van der Waals surface area contributed by atoms with Gasteiger partial charge in [-0.3, -0.25) is 4.79 Å². The molecule has 9 unspecified atom stereocenters. The summed E-state index contributed by atoms with van der Waals surface area (Å²) in [5.74, 6) is -0.719. The molecule has 0 aliphatic carbocycles. The molecule has 316 valence electrons. The maximum atomic E-state index is 13.0. The van der Waals surface area contributed by atoms with Crippen LogP contribution in [0.1, 0.15) is 162 Å². The maximum Gasteiger partial charge on any atom is 0.249 e. The molecular weight excluding hydrogens is 690 g/mol. The van der Waals surface area contributed by atoms with Crippen molar-refractivity contribution in [1.29, 1.82) is 0 Å². The van der Waals surface area contributed by atoms with Crippen molar-refractivity contribution in [2.45, 2.75) is 217 Å². The highest BCUT2D eigenvalue weighted by Crippen LogP contribution is 2.23. The molecule has 0 aromatic rings. The molecule has 0 aromatic heterocycles. The second-order valence-electron chi connectivity index (χ2n) is 15.0. The molecule has 9 atom stereocenters. The summed E-state index contributed by atoms with van der Waals surface area (Å²) in [5, 5.41) is 75.2. The van der Waals surface area contributed by atoms with E-state index >= 15 is 0 Å². The van der Waals surface area contributed by atoms with Crippen LogP contribution in [0, 0.1) is 0 Å². The number of unbranched alkanes of at least 4 members (excludes halogenated alkanes) is 16. The number of amides is 1. The number of carbonyl (C=O) groups is 1. The van der Waals surface area contributed by atoms with Crippen LogP contribution in [0.15, 0.2) is 36.5 Å². The second-order valence-corrected chi connectivity index (χ2v) is 15.0. The molecular formula is C43H79NO10. The SMILES string of the molecule is CCCCCCCC/C=C/CC/C=C/CC/C=C/CCCC(O)C(O)C(COC1OC(CO)C(O)C(O)C1O)NC(=O)C(O)CCCCCCCCCC. The number of aliphatic hydroxyl groups excluding tert-OH is 7. The number of ether oxygens (including phenoxy) is 2. The van der Waals surface area contributed by atoms with Crippen molar-refractivity contribution in [3.8, 4) is 0 Å². The lowest BCUT2D eigenvalue weighted by Crippen LogP contribution is -2.60. The van der Waals surface area contributed by atoms with Gasteiger partial charge in [-0.05, 0) is 64.2 Å². The molecule has 0 aromatic carbocycles. The quantitative estimate of drug-likeness (QED) is 0.0283. The molecule has 0 spiro atoms. The standard InChI is InChI=1S/C43H79NO10/c1-3-5-7-9-11-13-14-15-16-17-18-19-20-21-22-23-25-26-28-30-35(46)38(48)34(33-53-43-41(51)40(50)39(49)37(32-45)54-43)44-42(52)36(47)31-29-27-24-12-10-8-6-4-2/h15-16,19-20,23,25,34-41,43,45-51H,3-14,17-18,21-22,24,26-33H2,1-2H3,(H,44,52)/b16-15+,20-19+,25-23+. The first-order chi connectivity index (χ1) is 26.2. The van der Waals surface area contributed by atoms with E-state index in [0.29, 0.717) is 19.3 Å². The van der Waals surface area contributed by atoms with Crippen LogP contribution in [0.2, 0.25) is 0 Å². The van der Waals surface area contributed by atoms with Crippen molar-refractivity contribution in [2.75, 3.05) is 13.2 Å². The zero-order chi connectivity index (χ0) is 39.8. The molecule has 1 aliphatic rings. The van der Waals surface area contributed by atoms with E-state index in [-0.39, 0.29) is 12.8 Å². The first-order valence-electron chi connectivity index (χ1n) is 21.4. The summed E-state index contributed by atoms with van der Waals surface area (Å²) in [6, 6.07) is -1.19. The molecule has 0 saturated carbocycles. The van der Waals surface area contributed by atoms with Crippen molar-refractivity contribution in [1.82, 2.24) is 5.32 Å². The average Bonchev–Trinajstić information content (AvgIpc) is 3.17. The lowest BCUT2D eigenvalue weighted by molar-refractivity contribution is -0.303. The van der Waals surface area contributed by atoms with Crippen LogP contribution < -0.4 is 5.32 Å². The minimum Gasteiger partial charge on any atom is -0.394 e. The molecule has 1 heterocycles. The molecule has 0 radical (unpaired) electrons. The third-order valence-electron chi connectivity index (χ3n) is 10.2. The van der Waals surface area contributed by atoms with Gasteiger partial charge in [-0.25, -0.2) is 0 Å². The second kappa shape index (κ2) is 33.5. The molecule has 1 saturated heterocycles. The molecule has 1 amide bonds. The summed E-state index contributed by atoms with van der Waals surface area (Å²) >= 11 is 0. The number of allylic oxidation sites excluding steroid dienone is 6. The Morgan fingerprint density at radius 1 is 0.630 bits per heavy atom. The summed E-state index contributed by atoms with van der Waals surface area (Å²) in [6.45, 7) is 3.34. The molecule has 0 bridgehead atoms. The Labute approximate surface area is 326 Å². The highest BCUT2D eigenvalue weighted by Gasteiger charge is 2.44. The Morgan fingerprint density at radius 3 is 1.65 bits per heavy atom. The monoisotopic (exact) mass is 770 g/mol. The van der Waals surface area contributed by atoms with Gasteiger partial charge in [-0.1, -0.05) is 134 Å². The number of hydrogen-bond acceptors (Lipinski definition) is 10. The van der Waals surface area contributed by atoms with Crippen LogP contribution in [-0.4, -0.2) is 110 Å². The number of carbonyl (C=O) groups excluding carboxylic acids is 1. The number of hydrogen-bond donors (Lipinski definition) is 8. The van der Waals surface area contributed by atoms with E-state index < -0.39 is 74.2 Å². The van der Waals surface area contributed by atoms with Gasteiger partial charge in [0.15, 0.2) is 6.29 Å².